The van der Waals surface area contributed by atoms with E-state index in [4.69, 9.17) is 0 Å². The fourth-order valence-corrected chi connectivity index (χ4v) is 4.43. The van der Waals surface area contributed by atoms with Crippen LogP contribution in [0.4, 0.5) is 13.2 Å². The largest absolute Gasteiger partial charge is 0.206 e. The fraction of sp³-hybridized carbons (Fsp3) is 0.524. The van der Waals surface area contributed by atoms with E-state index < -0.39 is 17.5 Å². The topological polar surface area (TPSA) is 0 Å². The Labute approximate surface area is 142 Å². The summed E-state index contributed by atoms with van der Waals surface area (Å²) >= 11 is 0. The van der Waals surface area contributed by atoms with Crippen LogP contribution in [-0.2, 0) is 0 Å². The summed E-state index contributed by atoms with van der Waals surface area (Å²) in [5, 5.41) is 0. The highest BCUT2D eigenvalue weighted by Gasteiger charge is 2.29. The van der Waals surface area contributed by atoms with E-state index in [1.165, 1.54) is 25.7 Å². The molecule has 2 aliphatic rings. The Bertz CT molecular complexity index is 624. The number of halogens is 3. The lowest BCUT2D eigenvalue weighted by molar-refractivity contribution is 0.195. The molecule has 0 spiro atoms. The number of hydrogen-bond donors (Lipinski definition) is 0. The summed E-state index contributed by atoms with van der Waals surface area (Å²) in [6.45, 7) is 3.83. The average molecular weight is 334 g/mol. The number of hydrogen-bond acceptors (Lipinski definition) is 0. The molecule has 0 bridgehead atoms. The third-order valence-electron chi connectivity index (χ3n) is 5.87. The van der Waals surface area contributed by atoms with Gasteiger partial charge < -0.3 is 0 Å². The van der Waals surface area contributed by atoms with Crippen molar-refractivity contribution in [2.75, 3.05) is 0 Å². The van der Waals surface area contributed by atoms with Gasteiger partial charge in [-0.25, -0.2) is 13.2 Å². The second kappa shape index (κ2) is 7.58. The Morgan fingerprint density at radius 2 is 1.62 bits per heavy atom. The van der Waals surface area contributed by atoms with Gasteiger partial charge >= 0.3 is 0 Å². The van der Waals surface area contributed by atoms with E-state index in [1.54, 1.807) is 0 Å². The molecule has 24 heavy (non-hydrogen) atoms. The van der Waals surface area contributed by atoms with Gasteiger partial charge in [0.05, 0.1) is 0 Å². The van der Waals surface area contributed by atoms with Gasteiger partial charge in [-0.3, -0.25) is 0 Å². The monoisotopic (exact) mass is 334 g/mol. The Kier molecular flexibility index (Phi) is 5.47. The molecule has 1 saturated carbocycles. The minimum atomic E-state index is -1.12. The molecular formula is C21H25F3. The fourth-order valence-electron chi connectivity index (χ4n) is 4.43. The highest BCUT2D eigenvalue weighted by Crippen LogP contribution is 2.42. The molecule has 1 atom stereocenters. The second-order valence-corrected chi connectivity index (χ2v) is 7.32. The number of benzene rings is 1. The smallest absolute Gasteiger partial charge is 0.161 e. The summed E-state index contributed by atoms with van der Waals surface area (Å²) < 4.78 is 40.4. The minimum absolute atomic E-state index is 0.224. The van der Waals surface area contributed by atoms with Crippen LogP contribution in [0.3, 0.4) is 0 Å². The van der Waals surface area contributed by atoms with Crippen LogP contribution >= 0.6 is 0 Å². The number of rotatable bonds is 4. The van der Waals surface area contributed by atoms with E-state index in [9.17, 15) is 13.2 Å². The van der Waals surface area contributed by atoms with Gasteiger partial charge in [-0.2, -0.15) is 0 Å². The molecule has 2 aliphatic carbocycles. The van der Waals surface area contributed by atoms with Crippen molar-refractivity contribution in [2.24, 2.45) is 17.8 Å². The van der Waals surface area contributed by atoms with Crippen molar-refractivity contribution >= 4 is 5.57 Å². The molecule has 0 aromatic heterocycles. The highest BCUT2D eigenvalue weighted by molar-refractivity contribution is 5.66. The van der Waals surface area contributed by atoms with Gasteiger partial charge in [0, 0.05) is 11.6 Å². The molecule has 0 radical (unpaired) electrons. The third kappa shape index (κ3) is 3.76. The van der Waals surface area contributed by atoms with Crippen molar-refractivity contribution in [1.29, 1.82) is 0 Å². The van der Waals surface area contributed by atoms with Crippen molar-refractivity contribution in [3.8, 4) is 0 Å². The zero-order chi connectivity index (χ0) is 17.1. The van der Waals surface area contributed by atoms with Crippen molar-refractivity contribution in [1.82, 2.24) is 0 Å². The van der Waals surface area contributed by atoms with Crippen molar-refractivity contribution in [3.05, 3.63) is 53.9 Å². The zero-order valence-corrected chi connectivity index (χ0v) is 14.0. The van der Waals surface area contributed by atoms with Gasteiger partial charge in [0.1, 0.15) is 5.82 Å². The zero-order valence-electron chi connectivity index (χ0n) is 14.0. The molecule has 0 aliphatic heterocycles. The van der Waals surface area contributed by atoms with Crippen LogP contribution in [0.1, 0.15) is 56.9 Å². The maximum Gasteiger partial charge on any atom is 0.161 e. The molecule has 0 amide bonds. The molecule has 0 N–H and O–H groups in total. The lowest BCUT2D eigenvalue weighted by Crippen LogP contribution is -2.23. The Morgan fingerprint density at radius 3 is 2.25 bits per heavy atom. The summed E-state index contributed by atoms with van der Waals surface area (Å²) in [5.74, 6) is -0.574. The molecule has 1 aromatic carbocycles. The van der Waals surface area contributed by atoms with E-state index in [-0.39, 0.29) is 5.56 Å². The number of allylic oxidation sites excluding steroid dienone is 3. The molecule has 0 heterocycles. The van der Waals surface area contributed by atoms with Crippen LogP contribution in [0.2, 0.25) is 0 Å². The van der Waals surface area contributed by atoms with Crippen molar-refractivity contribution in [3.63, 3.8) is 0 Å². The van der Waals surface area contributed by atoms with Gasteiger partial charge in [0.2, 0.25) is 0 Å². The lowest BCUT2D eigenvalue weighted by atomic mass is 9.70. The van der Waals surface area contributed by atoms with Gasteiger partial charge in [-0.1, -0.05) is 12.2 Å². The maximum atomic E-state index is 13.9. The van der Waals surface area contributed by atoms with Crippen LogP contribution in [0.15, 0.2) is 30.9 Å². The molecule has 0 nitrogen and oxygen atoms in total. The highest BCUT2D eigenvalue weighted by atomic mass is 19.2. The van der Waals surface area contributed by atoms with E-state index in [1.807, 2.05) is 12.2 Å². The van der Waals surface area contributed by atoms with Gasteiger partial charge in [0.15, 0.2) is 11.6 Å². The van der Waals surface area contributed by atoms with Crippen LogP contribution < -0.4 is 0 Å². The van der Waals surface area contributed by atoms with Crippen LogP contribution in [0.5, 0.6) is 0 Å². The Morgan fingerprint density at radius 1 is 0.917 bits per heavy atom. The third-order valence-corrected chi connectivity index (χ3v) is 5.87. The maximum absolute atomic E-state index is 13.9. The first-order valence-electron chi connectivity index (χ1n) is 9.03. The molecular weight excluding hydrogens is 309 g/mol. The van der Waals surface area contributed by atoms with Gasteiger partial charge in [-0.15, -0.1) is 6.58 Å². The second-order valence-electron chi connectivity index (χ2n) is 7.32. The molecule has 1 aromatic rings. The predicted molar refractivity (Wildman–Crippen MR) is 91.9 cm³/mol. The summed E-state index contributed by atoms with van der Waals surface area (Å²) in [7, 11) is 0. The molecule has 3 heteroatoms. The molecule has 130 valence electrons. The standard InChI is InChI=1S/C21H25F3/c1-2-3-14-4-6-15(7-5-14)16-8-10-17(11-9-16)18-12-20(23)21(24)13-19(18)22/h2,10,12-16H,1,3-9,11H2/t14-,15-,16?. The van der Waals surface area contributed by atoms with Gasteiger partial charge in [0.25, 0.3) is 0 Å². The van der Waals surface area contributed by atoms with Crippen molar-refractivity contribution in [2.45, 2.75) is 51.4 Å². The first kappa shape index (κ1) is 17.3. The minimum Gasteiger partial charge on any atom is -0.206 e. The van der Waals surface area contributed by atoms with E-state index in [0.29, 0.717) is 12.0 Å². The van der Waals surface area contributed by atoms with Crippen LogP contribution in [0, 0.1) is 35.2 Å². The summed E-state index contributed by atoms with van der Waals surface area (Å²) in [5.41, 5.74) is 1.05. The molecule has 1 fully saturated rings. The van der Waals surface area contributed by atoms with E-state index in [0.717, 1.165) is 49.2 Å². The summed E-state index contributed by atoms with van der Waals surface area (Å²) in [6, 6.07) is 1.65. The van der Waals surface area contributed by atoms with Crippen LogP contribution in [-0.4, -0.2) is 0 Å². The first-order chi connectivity index (χ1) is 11.6. The lowest BCUT2D eigenvalue weighted by Gasteiger charge is -2.35. The average Bonchev–Trinajstić information content (AvgIpc) is 2.59. The summed E-state index contributed by atoms with van der Waals surface area (Å²) in [6.07, 6.45) is 13.0. The normalized spacial score (nSPS) is 27.6. The SMILES string of the molecule is C=CC[C@H]1CC[C@H](C2CC=C(c3cc(F)c(F)cc3F)CC2)CC1. The molecule has 3 rings (SSSR count). The Hall–Kier alpha value is -1.51. The Balaban J connectivity index is 1.63. The quantitative estimate of drug-likeness (QED) is 0.426. The van der Waals surface area contributed by atoms with Gasteiger partial charge in [-0.05, 0) is 80.8 Å². The molecule has 1 unspecified atom stereocenters. The predicted octanol–water partition coefficient (Wildman–Crippen LogP) is 6.67. The molecule has 0 saturated heterocycles. The van der Waals surface area contributed by atoms with Crippen molar-refractivity contribution < 1.29 is 13.2 Å². The van der Waals surface area contributed by atoms with Crippen LogP contribution in [0.25, 0.3) is 5.57 Å². The van der Waals surface area contributed by atoms with E-state index >= 15 is 0 Å². The first-order valence-corrected chi connectivity index (χ1v) is 9.03. The van der Waals surface area contributed by atoms with E-state index in [2.05, 4.69) is 6.58 Å². The summed E-state index contributed by atoms with van der Waals surface area (Å²) in [4.78, 5) is 0.